The molecule has 0 spiro atoms. The lowest BCUT2D eigenvalue weighted by atomic mass is 9.77. The van der Waals surface area contributed by atoms with E-state index >= 15 is 0 Å². The van der Waals surface area contributed by atoms with Crippen molar-refractivity contribution in [2.24, 2.45) is 5.73 Å². The van der Waals surface area contributed by atoms with Crippen LogP contribution in [-0.2, 0) is 14.3 Å². The van der Waals surface area contributed by atoms with Crippen LogP contribution in [0.4, 0.5) is 0 Å². The maximum absolute atomic E-state index is 13.6. The Bertz CT molecular complexity index is 1370. The summed E-state index contributed by atoms with van der Waals surface area (Å²) in [4.78, 5) is 38.9. The van der Waals surface area contributed by atoms with E-state index in [9.17, 15) is 34.8 Å². The van der Waals surface area contributed by atoms with Gasteiger partial charge in [-0.1, -0.05) is 12.1 Å². The third-order valence-corrected chi connectivity index (χ3v) is 7.08. The average Bonchev–Trinajstić information content (AvgIpc) is 2.86. The van der Waals surface area contributed by atoms with Crippen molar-refractivity contribution in [1.82, 2.24) is 0 Å². The van der Waals surface area contributed by atoms with E-state index in [4.69, 9.17) is 19.9 Å². The number of aliphatic hydroxyl groups excluding tert-OH is 1. The van der Waals surface area contributed by atoms with E-state index in [1.54, 1.807) is 6.92 Å². The smallest absolute Gasteiger partial charge is 0.331 e. The van der Waals surface area contributed by atoms with Crippen molar-refractivity contribution in [3.05, 3.63) is 57.2 Å². The first-order valence-corrected chi connectivity index (χ1v) is 11.6. The number of carboxylic acids is 1. The normalized spacial score (nSPS) is 26.6. The van der Waals surface area contributed by atoms with E-state index in [1.165, 1.54) is 25.3 Å². The van der Waals surface area contributed by atoms with Crippen molar-refractivity contribution in [3.8, 4) is 17.2 Å². The third kappa shape index (κ3) is 3.78. The van der Waals surface area contributed by atoms with Gasteiger partial charge in [-0.15, -0.1) is 0 Å². The van der Waals surface area contributed by atoms with Gasteiger partial charge in [0, 0.05) is 41.1 Å². The van der Waals surface area contributed by atoms with Crippen LogP contribution in [-0.4, -0.2) is 69.6 Å². The molecule has 194 valence electrons. The molecule has 5 rings (SSSR count). The lowest BCUT2D eigenvalue weighted by Gasteiger charge is -2.38. The number of methoxy groups -OCH3 is 1. The number of rotatable bonds is 4. The second-order valence-electron chi connectivity index (χ2n) is 9.28. The predicted octanol–water partition coefficient (Wildman–Crippen LogP) is 1.63. The monoisotopic (exact) mass is 511 g/mol. The van der Waals surface area contributed by atoms with Crippen LogP contribution in [0.1, 0.15) is 68.8 Å². The molecule has 0 saturated carbocycles. The quantitative estimate of drug-likeness (QED) is 0.321. The van der Waals surface area contributed by atoms with Gasteiger partial charge in [0.1, 0.15) is 17.2 Å². The number of hydrogen-bond donors (Lipinski definition) is 5. The number of nitrogens with two attached hydrogens (primary N) is 1. The zero-order valence-corrected chi connectivity index (χ0v) is 19.9. The predicted molar refractivity (Wildman–Crippen MR) is 127 cm³/mol. The summed E-state index contributed by atoms with van der Waals surface area (Å²) in [7, 11) is 1.34. The summed E-state index contributed by atoms with van der Waals surface area (Å²) >= 11 is 0. The Balaban J connectivity index is 1.68. The summed E-state index contributed by atoms with van der Waals surface area (Å²) in [5, 5.41) is 42.3. The number of benzene rings is 2. The Hall–Kier alpha value is -3.77. The maximum Gasteiger partial charge on any atom is 0.331 e. The van der Waals surface area contributed by atoms with E-state index in [1.807, 2.05) is 0 Å². The summed E-state index contributed by atoms with van der Waals surface area (Å²) < 4.78 is 17.0. The van der Waals surface area contributed by atoms with Gasteiger partial charge in [-0.05, 0) is 19.1 Å². The summed E-state index contributed by atoms with van der Waals surface area (Å²) in [6.45, 7) is 1.60. The maximum atomic E-state index is 13.6. The van der Waals surface area contributed by atoms with Gasteiger partial charge in [-0.2, -0.15) is 0 Å². The summed E-state index contributed by atoms with van der Waals surface area (Å²) in [5.41, 5.74) is 4.69. The van der Waals surface area contributed by atoms with Gasteiger partial charge in [-0.25, -0.2) is 4.79 Å². The van der Waals surface area contributed by atoms with Crippen molar-refractivity contribution in [3.63, 3.8) is 0 Å². The molecule has 2 aromatic carbocycles. The van der Waals surface area contributed by atoms with E-state index in [0.29, 0.717) is 0 Å². The molecule has 0 amide bonds. The number of fused-ring (bicyclic) bond motifs is 3. The van der Waals surface area contributed by atoms with Crippen LogP contribution in [0.5, 0.6) is 17.2 Å². The zero-order chi connectivity index (χ0) is 26.8. The molecule has 11 heteroatoms. The van der Waals surface area contributed by atoms with Crippen LogP contribution >= 0.6 is 0 Å². The molecule has 11 nitrogen and oxygen atoms in total. The van der Waals surface area contributed by atoms with Crippen molar-refractivity contribution in [2.45, 2.75) is 50.4 Å². The van der Waals surface area contributed by atoms with Gasteiger partial charge >= 0.3 is 5.97 Å². The van der Waals surface area contributed by atoms with Crippen LogP contribution in [0.25, 0.3) is 6.08 Å². The number of carbonyl (C=O) groups is 3. The number of hydrogen-bond acceptors (Lipinski definition) is 10. The molecule has 1 saturated heterocycles. The number of aromatic hydroxyl groups is 2. The fourth-order valence-electron chi connectivity index (χ4n) is 5.22. The first-order valence-electron chi connectivity index (χ1n) is 11.6. The molecule has 0 aromatic heterocycles. The molecular formula is C26H25NO10. The van der Waals surface area contributed by atoms with E-state index < -0.39 is 70.8 Å². The molecule has 5 atom stereocenters. The lowest BCUT2D eigenvalue weighted by molar-refractivity contribution is -0.240. The molecule has 1 fully saturated rings. The molecule has 37 heavy (non-hydrogen) atoms. The Morgan fingerprint density at radius 3 is 2.46 bits per heavy atom. The fourth-order valence-corrected chi connectivity index (χ4v) is 5.22. The highest BCUT2D eigenvalue weighted by atomic mass is 16.7. The summed E-state index contributed by atoms with van der Waals surface area (Å²) in [6, 6.07) is 3.74. The first kappa shape index (κ1) is 24.9. The van der Waals surface area contributed by atoms with E-state index in [-0.39, 0.29) is 46.4 Å². The van der Waals surface area contributed by atoms with Gasteiger partial charge in [-0.3, -0.25) is 9.59 Å². The van der Waals surface area contributed by atoms with Gasteiger partial charge < -0.3 is 40.4 Å². The Morgan fingerprint density at radius 2 is 1.81 bits per heavy atom. The zero-order valence-electron chi connectivity index (χ0n) is 19.9. The van der Waals surface area contributed by atoms with Crippen molar-refractivity contribution in [1.29, 1.82) is 0 Å². The van der Waals surface area contributed by atoms with Gasteiger partial charge in [0.15, 0.2) is 12.1 Å². The Labute approximate surface area is 210 Å². The van der Waals surface area contributed by atoms with Crippen molar-refractivity contribution < 1.29 is 49.0 Å². The first-order chi connectivity index (χ1) is 17.5. The van der Waals surface area contributed by atoms with E-state index in [0.717, 1.165) is 6.08 Å². The molecule has 3 aliphatic rings. The highest BCUT2D eigenvalue weighted by Gasteiger charge is 2.43. The van der Waals surface area contributed by atoms with Crippen LogP contribution in [0.3, 0.4) is 0 Å². The minimum atomic E-state index is -1.29. The summed E-state index contributed by atoms with van der Waals surface area (Å²) in [5.74, 6) is -3.90. The standard InChI is InChI=1S/C26H25NO10/c1-9-21(28)13(27)8-16(36-9)37-15-7-10(26(33)34)6-12-18(15)25(32)20-19(23(12)30)22(29)11-4-3-5-14(35-2)17(11)24(20)31/h3-6,9,13,15-16,21,28,30,32H,7-8,27H2,1-2H3,(H,33,34)/t9?,13?,15-,16?,21?/m0/s1. The molecule has 6 N–H and O–H groups in total. The number of phenols is 2. The van der Waals surface area contributed by atoms with Gasteiger partial charge in [0.25, 0.3) is 0 Å². The van der Waals surface area contributed by atoms with Crippen LogP contribution in [0, 0.1) is 0 Å². The minimum absolute atomic E-state index is 0.0188. The number of ether oxygens (including phenoxy) is 3. The fraction of sp³-hybridized carbons (Fsp3) is 0.346. The molecule has 0 bridgehead atoms. The Morgan fingerprint density at radius 1 is 1.11 bits per heavy atom. The number of aliphatic carboxylic acids is 1. The minimum Gasteiger partial charge on any atom is -0.507 e. The second kappa shape index (κ2) is 8.96. The number of aliphatic hydroxyl groups is 1. The van der Waals surface area contributed by atoms with Crippen molar-refractivity contribution in [2.75, 3.05) is 7.11 Å². The highest BCUT2D eigenvalue weighted by molar-refractivity contribution is 6.31. The molecular weight excluding hydrogens is 486 g/mol. The molecule has 0 radical (unpaired) electrons. The molecule has 1 heterocycles. The van der Waals surface area contributed by atoms with Crippen molar-refractivity contribution >= 4 is 23.6 Å². The SMILES string of the molecule is COc1cccc2c1C(=O)c1c(O)c3c(c(O)c1C2=O)C=C(C(=O)O)C[C@@H]3OC1CC(N)C(O)C(C)O1. The third-order valence-electron chi connectivity index (χ3n) is 7.08. The van der Waals surface area contributed by atoms with Crippen LogP contribution in [0.2, 0.25) is 0 Å². The lowest BCUT2D eigenvalue weighted by Crippen LogP contribution is -2.51. The molecule has 2 aromatic rings. The largest absolute Gasteiger partial charge is 0.507 e. The average molecular weight is 511 g/mol. The topological polar surface area (TPSA) is 186 Å². The van der Waals surface area contributed by atoms with Crippen LogP contribution in [0.15, 0.2) is 23.8 Å². The number of phenolic OH excluding ortho intramolecular Hbond substituents is 2. The molecule has 4 unspecified atom stereocenters. The van der Waals surface area contributed by atoms with Crippen LogP contribution < -0.4 is 10.5 Å². The Kier molecular flexibility index (Phi) is 6.03. The van der Waals surface area contributed by atoms with Gasteiger partial charge in [0.05, 0.1) is 42.1 Å². The number of ketones is 2. The summed E-state index contributed by atoms with van der Waals surface area (Å²) in [6.07, 6.45) is -2.79. The second-order valence-corrected chi connectivity index (χ2v) is 9.28. The molecule has 1 aliphatic heterocycles. The highest BCUT2D eigenvalue weighted by Crippen LogP contribution is 2.51. The van der Waals surface area contributed by atoms with Gasteiger partial charge in [0.2, 0.25) is 5.78 Å². The number of carbonyl (C=O) groups excluding carboxylic acids is 2. The number of carboxylic acid groups (broad SMARTS) is 1. The van der Waals surface area contributed by atoms with E-state index in [2.05, 4.69) is 0 Å². The molecule has 2 aliphatic carbocycles.